The molecule has 3 N–H and O–H groups in total. The van der Waals surface area contributed by atoms with Gasteiger partial charge in [0.2, 0.25) is 5.95 Å². The fourth-order valence-electron chi connectivity index (χ4n) is 4.28. The number of carbonyl (C=O) groups excluding carboxylic acids is 3. The standard InChI is InChI=1S/C21H27N5O9/c1-9(27)32-7-6-13-15(33-10(2)28)16(34-11(3)29)19(35-13)26-17-14(18(30)24-20(22)23-17)25(21(26)31)8-12-4-5-12/h12-13,15-16,19H,4-8H2,1-3H3,(H3,22,23,24,30)/t13-,15+,16-,19-/m1/s1. The Morgan fingerprint density at radius 3 is 2.34 bits per heavy atom. The summed E-state index contributed by atoms with van der Waals surface area (Å²) >= 11 is 0. The minimum absolute atomic E-state index is 0.00803. The molecule has 2 aromatic rings. The Morgan fingerprint density at radius 2 is 1.74 bits per heavy atom. The van der Waals surface area contributed by atoms with Gasteiger partial charge in [0.1, 0.15) is 6.10 Å². The zero-order chi connectivity index (χ0) is 25.4. The molecular weight excluding hydrogens is 466 g/mol. The fourth-order valence-corrected chi connectivity index (χ4v) is 4.28. The van der Waals surface area contributed by atoms with Gasteiger partial charge < -0.3 is 24.7 Å². The first-order valence-electron chi connectivity index (χ1n) is 11.2. The summed E-state index contributed by atoms with van der Waals surface area (Å²) in [5.74, 6) is -1.87. The van der Waals surface area contributed by atoms with E-state index in [9.17, 15) is 24.0 Å². The molecule has 1 aliphatic heterocycles. The Morgan fingerprint density at radius 1 is 1.09 bits per heavy atom. The van der Waals surface area contributed by atoms with Crippen LogP contribution in [-0.4, -0.2) is 61.9 Å². The number of aromatic nitrogens is 4. The lowest BCUT2D eigenvalue weighted by Crippen LogP contribution is -2.41. The van der Waals surface area contributed by atoms with Crippen molar-refractivity contribution in [2.75, 3.05) is 12.3 Å². The maximum absolute atomic E-state index is 13.6. The van der Waals surface area contributed by atoms with Crippen molar-refractivity contribution in [3.05, 3.63) is 20.8 Å². The second-order valence-electron chi connectivity index (χ2n) is 8.67. The Hall–Kier alpha value is -3.68. The van der Waals surface area contributed by atoms with E-state index < -0.39 is 53.7 Å². The molecule has 14 nitrogen and oxygen atoms in total. The number of hydrogen-bond acceptors (Lipinski definition) is 11. The summed E-state index contributed by atoms with van der Waals surface area (Å²) in [4.78, 5) is 67.9. The third-order valence-corrected chi connectivity index (χ3v) is 5.82. The molecule has 190 valence electrons. The highest BCUT2D eigenvalue weighted by Gasteiger charge is 2.51. The summed E-state index contributed by atoms with van der Waals surface area (Å²) in [5, 5.41) is 0. The number of esters is 3. The number of fused-ring (bicyclic) bond motifs is 1. The zero-order valence-corrected chi connectivity index (χ0v) is 19.5. The summed E-state index contributed by atoms with van der Waals surface area (Å²) in [6, 6.07) is 0. The molecule has 1 saturated heterocycles. The van der Waals surface area contributed by atoms with Crippen molar-refractivity contribution in [1.29, 1.82) is 0 Å². The molecule has 1 aliphatic carbocycles. The highest BCUT2D eigenvalue weighted by Crippen LogP contribution is 2.37. The van der Waals surface area contributed by atoms with E-state index in [1.165, 1.54) is 18.4 Å². The number of rotatable bonds is 8. The van der Waals surface area contributed by atoms with Crippen LogP contribution in [0.2, 0.25) is 0 Å². The number of carbonyl (C=O) groups is 3. The number of ether oxygens (including phenoxy) is 4. The molecule has 0 radical (unpaired) electrons. The van der Waals surface area contributed by atoms with Gasteiger partial charge in [-0.3, -0.25) is 28.7 Å². The molecule has 14 heteroatoms. The highest BCUT2D eigenvalue weighted by atomic mass is 16.6. The first kappa shape index (κ1) is 24.4. The number of nitrogen functional groups attached to an aromatic ring is 1. The molecule has 0 spiro atoms. The molecule has 2 fully saturated rings. The summed E-state index contributed by atoms with van der Waals surface area (Å²) in [6.07, 6.45) is -2.65. The third-order valence-electron chi connectivity index (χ3n) is 5.82. The molecule has 3 heterocycles. The quantitative estimate of drug-likeness (QED) is 0.359. The van der Waals surface area contributed by atoms with Gasteiger partial charge in [0, 0.05) is 33.7 Å². The molecule has 35 heavy (non-hydrogen) atoms. The van der Waals surface area contributed by atoms with E-state index in [2.05, 4.69) is 9.97 Å². The first-order chi connectivity index (χ1) is 16.6. The molecule has 1 saturated carbocycles. The lowest BCUT2D eigenvalue weighted by Gasteiger charge is -2.23. The Labute approximate surface area is 198 Å². The van der Waals surface area contributed by atoms with Gasteiger partial charge in [-0.15, -0.1) is 0 Å². The van der Waals surface area contributed by atoms with E-state index in [0.717, 1.165) is 24.3 Å². The maximum atomic E-state index is 13.6. The van der Waals surface area contributed by atoms with Crippen LogP contribution in [0.5, 0.6) is 0 Å². The van der Waals surface area contributed by atoms with Crippen LogP contribution < -0.4 is 17.0 Å². The van der Waals surface area contributed by atoms with E-state index in [-0.39, 0.29) is 36.1 Å². The topological polar surface area (TPSA) is 187 Å². The fraction of sp³-hybridized carbons (Fsp3) is 0.619. The largest absolute Gasteiger partial charge is 0.466 e. The van der Waals surface area contributed by atoms with Gasteiger partial charge in [0.05, 0.1) is 6.61 Å². The van der Waals surface area contributed by atoms with Crippen LogP contribution in [0.1, 0.15) is 46.3 Å². The zero-order valence-electron chi connectivity index (χ0n) is 19.5. The van der Waals surface area contributed by atoms with Crippen LogP contribution in [0.25, 0.3) is 11.2 Å². The van der Waals surface area contributed by atoms with Crippen LogP contribution in [0, 0.1) is 5.92 Å². The highest BCUT2D eigenvalue weighted by molar-refractivity contribution is 5.72. The van der Waals surface area contributed by atoms with E-state index in [1.54, 1.807) is 0 Å². The lowest BCUT2D eigenvalue weighted by atomic mass is 10.1. The number of nitrogens with zero attached hydrogens (tertiary/aromatic N) is 3. The number of imidazole rings is 1. The summed E-state index contributed by atoms with van der Waals surface area (Å²) in [6.45, 7) is 3.81. The third kappa shape index (κ3) is 5.06. The van der Waals surface area contributed by atoms with Crippen LogP contribution in [0.15, 0.2) is 9.59 Å². The van der Waals surface area contributed by atoms with Crippen molar-refractivity contribution in [3.63, 3.8) is 0 Å². The van der Waals surface area contributed by atoms with Crippen molar-refractivity contribution in [1.82, 2.24) is 19.1 Å². The monoisotopic (exact) mass is 493 g/mol. The van der Waals surface area contributed by atoms with Gasteiger partial charge in [-0.25, -0.2) is 9.36 Å². The average molecular weight is 493 g/mol. The summed E-state index contributed by atoms with van der Waals surface area (Å²) in [7, 11) is 0. The molecule has 2 aliphatic rings. The van der Waals surface area contributed by atoms with Crippen molar-refractivity contribution in [2.24, 2.45) is 5.92 Å². The lowest BCUT2D eigenvalue weighted by molar-refractivity contribution is -0.165. The van der Waals surface area contributed by atoms with E-state index in [0.29, 0.717) is 6.54 Å². The van der Waals surface area contributed by atoms with Gasteiger partial charge in [-0.2, -0.15) is 4.98 Å². The Kier molecular flexibility index (Phi) is 6.65. The number of aromatic amines is 1. The van der Waals surface area contributed by atoms with Crippen molar-refractivity contribution in [3.8, 4) is 0 Å². The number of nitrogens with two attached hydrogens (primary N) is 1. The average Bonchev–Trinajstić information content (AvgIpc) is 3.45. The second kappa shape index (κ2) is 9.52. The number of nitrogens with one attached hydrogen (secondary N) is 1. The molecule has 0 amide bonds. The van der Waals surface area contributed by atoms with E-state index in [1.807, 2.05) is 0 Å². The Balaban J connectivity index is 1.83. The number of hydrogen-bond donors (Lipinski definition) is 2. The molecule has 4 atom stereocenters. The molecule has 0 unspecified atom stereocenters. The molecule has 0 aromatic carbocycles. The maximum Gasteiger partial charge on any atom is 0.332 e. The SMILES string of the molecule is CC(=O)OCC[C@H]1O[C@@H](n2c(=O)n(CC3CC3)c3c(=O)[nH]c(N)nc32)[C@H](OC(C)=O)[C@H]1OC(C)=O. The van der Waals surface area contributed by atoms with Gasteiger partial charge >= 0.3 is 23.6 Å². The second-order valence-corrected chi connectivity index (χ2v) is 8.67. The first-order valence-corrected chi connectivity index (χ1v) is 11.2. The smallest absolute Gasteiger partial charge is 0.332 e. The van der Waals surface area contributed by atoms with Crippen molar-refractivity contribution >= 4 is 35.0 Å². The minimum Gasteiger partial charge on any atom is -0.466 e. The number of H-pyrrole nitrogens is 1. The van der Waals surface area contributed by atoms with Gasteiger partial charge in [0.15, 0.2) is 29.6 Å². The van der Waals surface area contributed by atoms with Gasteiger partial charge in [-0.05, 0) is 18.8 Å². The summed E-state index contributed by atoms with van der Waals surface area (Å²) < 4.78 is 24.3. The molecule has 2 aromatic heterocycles. The predicted molar refractivity (Wildman–Crippen MR) is 118 cm³/mol. The van der Waals surface area contributed by atoms with Crippen LogP contribution >= 0.6 is 0 Å². The molecule has 4 rings (SSSR count). The molecular formula is C21H27N5O9. The Bertz CT molecular complexity index is 1270. The van der Waals surface area contributed by atoms with Gasteiger partial charge in [0.25, 0.3) is 5.56 Å². The van der Waals surface area contributed by atoms with Gasteiger partial charge in [-0.1, -0.05) is 0 Å². The predicted octanol–water partition coefficient (Wildman–Crippen LogP) is -0.407. The molecule has 0 bridgehead atoms. The van der Waals surface area contributed by atoms with Crippen LogP contribution in [0.4, 0.5) is 5.95 Å². The van der Waals surface area contributed by atoms with Crippen molar-refractivity contribution < 1.29 is 33.3 Å². The van der Waals surface area contributed by atoms with E-state index in [4.69, 9.17) is 24.7 Å². The van der Waals surface area contributed by atoms with Crippen LogP contribution in [0.3, 0.4) is 0 Å². The number of anilines is 1. The van der Waals surface area contributed by atoms with E-state index >= 15 is 0 Å². The summed E-state index contributed by atoms with van der Waals surface area (Å²) in [5.41, 5.74) is 4.50. The normalized spacial score (nSPS) is 23.9. The minimum atomic E-state index is -1.30. The van der Waals surface area contributed by atoms with Crippen molar-refractivity contribution in [2.45, 2.75) is 71.1 Å². The van der Waals surface area contributed by atoms with Crippen LogP contribution in [-0.2, 0) is 39.9 Å².